The summed E-state index contributed by atoms with van der Waals surface area (Å²) in [6.07, 6.45) is 23.3. The maximum atomic E-state index is 13.4. The van der Waals surface area contributed by atoms with Gasteiger partial charge in [-0.05, 0) is 185 Å². The van der Waals surface area contributed by atoms with E-state index in [9.17, 15) is 58.8 Å². The van der Waals surface area contributed by atoms with E-state index in [1.807, 2.05) is 32.7 Å². The lowest BCUT2D eigenvalue weighted by molar-refractivity contribution is -0.137. The van der Waals surface area contributed by atoms with E-state index >= 15 is 0 Å². The molecule has 5 N–H and O–H groups in total. The Morgan fingerprint density at radius 3 is 1.12 bits per heavy atom. The average molecular weight is 1470 g/mol. The Bertz CT molecular complexity index is 4800. The van der Waals surface area contributed by atoms with Gasteiger partial charge in [0.2, 0.25) is 31.9 Å². The smallest absolute Gasteiger partial charge is 0.410 e. The summed E-state index contributed by atoms with van der Waals surface area (Å²) in [6, 6.07) is 18.7. The summed E-state index contributed by atoms with van der Waals surface area (Å²) in [6.45, 7) is 7.96. The summed E-state index contributed by atoms with van der Waals surface area (Å²) in [5, 5.41) is 37.7. The molecule has 32 heteroatoms. The van der Waals surface area contributed by atoms with Gasteiger partial charge in [-0.15, -0.1) is 0 Å². The van der Waals surface area contributed by atoms with Crippen LogP contribution in [-0.4, -0.2) is 171 Å². The van der Waals surface area contributed by atoms with Crippen LogP contribution in [0.2, 0.25) is 0 Å². The lowest BCUT2D eigenvalue weighted by Crippen LogP contribution is -2.55. The number of hydrogen-bond acceptors (Lipinski definition) is 17. The van der Waals surface area contributed by atoms with Crippen molar-refractivity contribution in [1.29, 1.82) is 5.26 Å². The first kappa shape index (κ1) is 73.6. The van der Waals surface area contributed by atoms with Crippen LogP contribution in [0.1, 0.15) is 132 Å². The van der Waals surface area contributed by atoms with E-state index in [1.165, 1.54) is 62.9 Å². The van der Waals surface area contributed by atoms with Gasteiger partial charge in [-0.3, -0.25) is 24.4 Å². The van der Waals surface area contributed by atoms with Crippen LogP contribution in [0.5, 0.6) is 0 Å². The fourth-order valence-electron chi connectivity index (χ4n) is 16.6. The Kier molecular flexibility index (Phi) is 19.9. The highest BCUT2D eigenvalue weighted by atomic mass is 32.2. The average Bonchev–Trinajstić information content (AvgIpc) is 1.51. The molecule has 0 radical (unpaired) electrons. The Morgan fingerprint density at radius 2 is 0.837 bits per heavy atom. The van der Waals surface area contributed by atoms with Crippen LogP contribution in [-0.2, 0) is 67.9 Å². The number of halogens is 3. The number of hydrogen-bond donors (Lipinski definition) is 4. The predicted molar refractivity (Wildman–Crippen MR) is 371 cm³/mol. The van der Waals surface area contributed by atoms with Crippen molar-refractivity contribution in [3.05, 3.63) is 159 Å². The normalized spacial score (nSPS) is 25.4. The van der Waals surface area contributed by atoms with Crippen molar-refractivity contribution >= 4 is 74.3 Å². The quantitative estimate of drug-likeness (QED) is 0.0476. The minimum atomic E-state index is -3.65. The van der Waals surface area contributed by atoms with E-state index in [-0.39, 0.29) is 61.8 Å². The van der Waals surface area contributed by atoms with Crippen LogP contribution in [0, 0.1) is 45.2 Å². The number of benzene rings is 3. The first-order valence-corrected chi connectivity index (χ1v) is 37.9. The van der Waals surface area contributed by atoms with Gasteiger partial charge in [0, 0.05) is 48.7 Å². The maximum Gasteiger partial charge on any atom is 0.410 e. The molecule has 9 aliphatic rings. The highest BCUT2D eigenvalue weighted by Crippen LogP contribution is 2.60. The molecule has 6 aromatic rings. The zero-order valence-electron chi connectivity index (χ0n) is 58.0. The van der Waals surface area contributed by atoms with Crippen LogP contribution in [0.15, 0.2) is 108 Å². The van der Waals surface area contributed by atoms with Gasteiger partial charge < -0.3 is 34.0 Å². The number of nitriles is 1. The molecule has 3 saturated heterocycles. The number of nitrogens with zero attached hydrogens (tertiary/aromatic N) is 10. The van der Waals surface area contributed by atoms with E-state index in [0.29, 0.717) is 45.3 Å². The van der Waals surface area contributed by atoms with Gasteiger partial charge in [0.1, 0.15) is 34.3 Å². The molecule has 27 nitrogen and oxygen atoms in total. The molecular formula is C72H80F3N13O14S2. The third-order valence-corrected chi connectivity index (χ3v) is 22.5. The number of nitrogens with one attached hydrogen (secondary N) is 2. The first-order chi connectivity index (χ1) is 49.2. The van der Waals surface area contributed by atoms with Crippen LogP contribution in [0.25, 0.3) is 35.3 Å². The van der Waals surface area contributed by atoms with Gasteiger partial charge in [-0.25, -0.2) is 63.6 Å². The van der Waals surface area contributed by atoms with E-state index in [1.54, 1.807) is 52.2 Å². The number of aromatic nitrogens is 6. The van der Waals surface area contributed by atoms with E-state index < -0.39 is 83.7 Å². The second-order valence-electron chi connectivity index (χ2n) is 28.7. The van der Waals surface area contributed by atoms with Crippen LogP contribution in [0.4, 0.5) is 27.6 Å². The van der Waals surface area contributed by atoms with Crippen LogP contribution >= 0.6 is 0 Å². The second kappa shape index (κ2) is 28.1. The summed E-state index contributed by atoms with van der Waals surface area (Å²) >= 11 is 0. The molecular weight excluding hydrogens is 1390 g/mol. The van der Waals surface area contributed by atoms with Gasteiger partial charge in [0.15, 0.2) is 6.19 Å². The third-order valence-electron chi connectivity index (χ3n) is 21.9. The molecule has 6 atom stereocenters. The standard InChI is InChI=1S/C24H24FN5O3.C24H27FN4O5S.C23H24FN3O4.CH5NO2S/c1-23-12-16-13-28-30(19-6-4-18(25)5-7-19)20(16)11-17(23)3-2-9-24(23)14-29(22(32)33-24)10-8-21(31)27-15-26;1-23-13-16-14-26-29(19-7-5-18(25)6-8-19)20(16)12-17(23)4-3-10-24(23)15-28(22(31)34-24)11-9-21(30)27-35(2,32)33;1-22-12-15-13-25-27(18-6-4-17(24)5-7-18)19(15)11-16(22)3-2-9-23(22)14-26(21(30)31-23)10-8-20(28)29;1-5(2,3)4/h4-7,11,13H,2-3,8-10,12,14H2,1H3,(H,27,31);5-8,12,14H,3-4,9-11,13,15H2,1-2H3,(H,27,30);4-7,11,13H,2-3,8-10,12,14H2,1H3,(H,28,29);1H3,(H2,2,3,4)/t2*23-,24+;22-,23+;/m000./s1. The zero-order valence-corrected chi connectivity index (χ0v) is 59.6. The van der Waals surface area contributed by atoms with Crippen molar-refractivity contribution in [3.63, 3.8) is 0 Å². The number of fused-ring (bicyclic) bond motifs is 9. The molecule has 6 fully saturated rings. The number of nitrogens with two attached hydrogens (primary N) is 1. The number of carbonyl (C=O) groups excluding carboxylic acids is 5. The second-order valence-corrected chi connectivity index (χ2v) is 32.1. The minimum Gasteiger partial charge on any atom is -0.481 e. The van der Waals surface area contributed by atoms with E-state index in [0.717, 1.165) is 115 Å². The largest absolute Gasteiger partial charge is 0.481 e. The van der Waals surface area contributed by atoms with Gasteiger partial charge >= 0.3 is 24.2 Å². The third kappa shape index (κ3) is 14.5. The number of carboxylic acids is 1. The van der Waals surface area contributed by atoms with Gasteiger partial charge in [-0.2, -0.15) is 20.6 Å². The molecule has 0 bridgehead atoms. The fourth-order valence-corrected chi connectivity index (χ4v) is 17.1. The lowest BCUT2D eigenvalue weighted by Gasteiger charge is -2.51. The molecule has 15 rings (SSSR count). The summed E-state index contributed by atoms with van der Waals surface area (Å²) in [7, 11) is -6.82. The van der Waals surface area contributed by atoms with E-state index in [4.69, 9.17) is 24.6 Å². The van der Waals surface area contributed by atoms with Crippen molar-refractivity contribution < 1.29 is 78.1 Å². The predicted octanol–water partition coefficient (Wildman–Crippen LogP) is 8.83. The number of carbonyl (C=O) groups is 6. The first-order valence-electron chi connectivity index (χ1n) is 34.1. The monoisotopic (exact) mass is 1470 g/mol. The molecule has 0 unspecified atom stereocenters. The minimum absolute atomic E-state index is 0.0484. The summed E-state index contributed by atoms with van der Waals surface area (Å²) in [4.78, 5) is 77.3. The zero-order chi connectivity index (χ0) is 74.5. The van der Waals surface area contributed by atoms with Gasteiger partial charge in [0.05, 0.1) is 91.3 Å². The fraction of sp³-hybridized carbons (Fsp3) is 0.444. The summed E-state index contributed by atoms with van der Waals surface area (Å²) in [5.41, 5.74) is 8.61. The number of sulfonamides is 2. The molecule has 550 valence electrons. The maximum absolute atomic E-state index is 13.4. The van der Waals surface area contributed by atoms with Gasteiger partial charge in [-0.1, -0.05) is 37.5 Å². The number of primary sulfonamides is 1. The van der Waals surface area contributed by atoms with Crippen molar-refractivity contribution in [2.75, 3.05) is 51.8 Å². The summed E-state index contributed by atoms with van der Waals surface area (Å²) in [5.74, 6) is -2.90. The molecule has 6 aliphatic carbocycles. The molecule has 3 saturated carbocycles. The molecule has 6 heterocycles. The Balaban J connectivity index is 0.000000142. The molecule has 3 aromatic heterocycles. The van der Waals surface area contributed by atoms with Crippen molar-refractivity contribution in [1.82, 2.24) is 54.1 Å². The molecule has 3 aromatic carbocycles. The number of amides is 5. The Morgan fingerprint density at radius 1 is 0.538 bits per heavy atom. The molecule has 3 spiro atoms. The number of rotatable bonds is 13. The van der Waals surface area contributed by atoms with Gasteiger partial charge in [0.25, 0.3) is 0 Å². The summed E-state index contributed by atoms with van der Waals surface area (Å²) < 4.78 is 107. The lowest BCUT2D eigenvalue weighted by atomic mass is 9.57. The highest BCUT2D eigenvalue weighted by Gasteiger charge is 2.64. The van der Waals surface area contributed by atoms with Crippen molar-refractivity contribution in [2.45, 2.75) is 134 Å². The topological polar surface area (TPSA) is 356 Å². The molecule has 3 aliphatic heterocycles. The van der Waals surface area contributed by atoms with Crippen molar-refractivity contribution in [3.8, 4) is 23.3 Å². The Labute approximate surface area is 598 Å². The number of ether oxygens (including phenoxy) is 3. The Hall–Kier alpha value is -10.1. The SMILES string of the molecule is CS(N)(=O)=O.C[C@]12Cc3cnn(-c4ccc(F)cc4)c3C=C1CCC[C@@]21CN(CCC(=O)NC#N)C(=O)O1.C[C@]12Cc3cnn(-c4ccc(F)cc4)c3C=C1CCC[C@@]21CN(CCC(=O)NS(C)(=O)=O)C(=O)O1.C[C@]12Cc3cnn(-c4ccc(F)cc4)c3C=C1CCC[C@@]21CN(CCC(=O)O)C(=O)O1. The molecule has 5 amide bonds. The van der Waals surface area contributed by atoms with E-state index in [2.05, 4.69) is 64.8 Å². The van der Waals surface area contributed by atoms with Crippen molar-refractivity contribution in [2.24, 2.45) is 21.4 Å². The highest BCUT2D eigenvalue weighted by molar-refractivity contribution is 7.89. The van der Waals surface area contributed by atoms with Crippen LogP contribution in [0.3, 0.4) is 0 Å². The van der Waals surface area contributed by atoms with Crippen LogP contribution < -0.4 is 15.2 Å². The molecule has 104 heavy (non-hydrogen) atoms. The number of aliphatic carboxylic acids is 1. The number of carboxylic acid groups (broad SMARTS) is 1.